The van der Waals surface area contributed by atoms with Crippen LogP contribution < -0.4 is 0 Å². The quantitative estimate of drug-likeness (QED) is 0.646. The zero-order chi connectivity index (χ0) is 5.98. The van der Waals surface area contributed by atoms with Crippen LogP contribution in [-0.2, 0) is 0 Å². The molecule has 0 radical (unpaired) electrons. The SMILES string of the molecule is Clc1ccc(I)nn1. The van der Waals surface area contributed by atoms with Crippen LogP contribution in [0.3, 0.4) is 0 Å². The lowest BCUT2D eigenvalue weighted by Gasteiger charge is -1.84. The third kappa shape index (κ3) is 1.56. The van der Waals surface area contributed by atoms with Crippen LogP contribution in [0, 0.1) is 3.70 Å². The molecule has 42 valence electrons. The Labute approximate surface area is 65.4 Å². The average Bonchev–Trinajstić information content (AvgIpc) is 1.77. The standard InChI is InChI=1S/C4H2ClIN2/c5-3-1-2-4(6)8-7-3/h1-2H. The van der Waals surface area contributed by atoms with Crippen molar-refractivity contribution in [1.82, 2.24) is 10.2 Å². The highest BCUT2D eigenvalue weighted by Gasteiger charge is 1.86. The summed E-state index contributed by atoms with van der Waals surface area (Å²) in [5.74, 6) is 0. The van der Waals surface area contributed by atoms with Crippen molar-refractivity contribution in [3.05, 3.63) is 21.0 Å². The molecule has 0 unspecified atom stereocenters. The van der Waals surface area contributed by atoms with Crippen LogP contribution in [-0.4, -0.2) is 10.2 Å². The summed E-state index contributed by atoms with van der Waals surface area (Å²) in [6.45, 7) is 0. The monoisotopic (exact) mass is 240 g/mol. The number of rotatable bonds is 0. The van der Waals surface area contributed by atoms with Gasteiger partial charge in [-0.15, -0.1) is 10.2 Å². The van der Waals surface area contributed by atoms with Crippen LogP contribution in [0.2, 0.25) is 5.15 Å². The number of aromatic nitrogens is 2. The lowest BCUT2D eigenvalue weighted by molar-refractivity contribution is 1.00. The summed E-state index contributed by atoms with van der Waals surface area (Å²) in [6, 6.07) is 3.51. The molecule has 0 saturated heterocycles. The second-order valence-electron chi connectivity index (χ2n) is 1.18. The van der Waals surface area contributed by atoms with Gasteiger partial charge >= 0.3 is 0 Å². The van der Waals surface area contributed by atoms with E-state index in [0.717, 1.165) is 3.70 Å². The average molecular weight is 240 g/mol. The van der Waals surface area contributed by atoms with E-state index in [0.29, 0.717) is 5.15 Å². The lowest BCUT2D eigenvalue weighted by atomic mass is 10.6. The van der Waals surface area contributed by atoms with Gasteiger partial charge in [-0.25, -0.2) is 0 Å². The predicted molar refractivity (Wildman–Crippen MR) is 39.8 cm³/mol. The first-order valence-corrected chi connectivity index (χ1v) is 3.39. The maximum absolute atomic E-state index is 5.43. The van der Waals surface area contributed by atoms with Gasteiger partial charge in [-0.3, -0.25) is 0 Å². The van der Waals surface area contributed by atoms with Crippen LogP contribution in [0.5, 0.6) is 0 Å². The van der Waals surface area contributed by atoms with Gasteiger partial charge in [-0.1, -0.05) is 11.6 Å². The van der Waals surface area contributed by atoms with Gasteiger partial charge in [-0.2, -0.15) is 0 Å². The molecule has 1 rings (SSSR count). The molecule has 0 spiro atoms. The maximum Gasteiger partial charge on any atom is 0.151 e. The van der Waals surface area contributed by atoms with Crippen LogP contribution in [0.25, 0.3) is 0 Å². The first-order valence-electron chi connectivity index (χ1n) is 1.94. The molecule has 1 aromatic rings. The molecule has 0 aliphatic rings. The van der Waals surface area contributed by atoms with E-state index >= 15 is 0 Å². The smallest absolute Gasteiger partial charge is 0.143 e. The number of hydrogen-bond donors (Lipinski definition) is 0. The van der Waals surface area contributed by atoms with Gasteiger partial charge in [0.05, 0.1) is 0 Å². The van der Waals surface area contributed by atoms with Crippen LogP contribution >= 0.6 is 34.2 Å². The van der Waals surface area contributed by atoms with Crippen molar-refractivity contribution in [1.29, 1.82) is 0 Å². The Hall–Kier alpha value is 0.1000. The molecule has 0 saturated carbocycles. The summed E-state index contributed by atoms with van der Waals surface area (Å²) >= 11 is 7.50. The Bertz CT molecular complexity index is 153. The second kappa shape index (κ2) is 2.59. The van der Waals surface area contributed by atoms with Gasteiger partial charge in [0.2, 0.25) is 0 Å². The van der Waals surface area contributed by atoms with E-state index in [1.54, 1.807) is 12.1 Å². The Morgan fingerprint density at radius 2 is 2.12 bits per heavy atom. The van der Waals surface area contributed by atoms with Crippen molar-refractivity contribution >= 4 is 34.2 Å². The topological polar surface area (TPSA) is 25.8 Å². The molecule has 1 heterocycles. The van der Waals surface area contributed by atoms with E-state index in [2.05, 4.69) is 32.8 Å². The molecule has 0 amide bonds. The van der Waals surface area contributed by atoms with Gasteiger partial charge in [0, 0.05) is 0 Å². The minimum atomic E-state index is 0.436. The molecule has 1 aromatic heterocycles. The van der Waals surface area contributed by atoms with Crippen LogP contribution in [0.4, 0.5) is 0 Å². The fraction of sp³-hybridized carbons (Fsp3) is 0. The molecule has 0 aliphatic heterocycles. The van der Waals surface area contributed by atoms with E-state index in [1.165, 1.54) is 0 Å². The largest absolute Gasteiger partial charge is 0.151 e. The molecule has 0 atom stereocenters. The zero-order valence-electron chi connectivity index (χ0n) is 3.81. The van der Waals surface area contributed by atoms with Gasteiger partial charge in [0.1, 0.15) is 3.70 Å². The number of nitrogens with zero attached hydrogens (tertiary/aromatic N) is 2. The van der Waals surface area contributed by atoms with Gasteiger partial charge in [0.25, 0.3) is 0 Å². The van der Waals surface area contributed by atoms with Gasteiger partial charge in [-0.05, 0) is 34.7 Å². The predicted octanol–water partition coefficient (Wildman–Crippen LogP) is 1.73. The summed E-state index contributed by atoms with van der Waals surface area (Å²) in [4.78, 5) is 0. The van der Waals surface area contributed by atoms with E-state index < -0.39 is 0 Å². The van der Waals surface area contributed by atoms with E-state index in [4.69, 9.17) is 11.6 Å². The molecule has 8 heavy (non-hydrogen) atoms. The maximum atomic E-state index is 5.43. The highest BCUT2D eigenvalue weighted by Crippen LogP contribution is 2.02. The van der Waals surface area contributed by atoms with Crippen molar-refractivity contribution in [3.8, 4) is 0 Å². The molecule has 2 nitrogen and oxygen atoms in total. The second-order valence-corrected chi connectivity index (χ2v) is 2.67. The van der Waals surface area contributed by atoms with E-state index in [-0.39, 0.29) is 0 Å². The zero-order valence-corrected chi connectivity index (χ0v) is 6.72. The summed E-state index contributed by atoms with van der Waals surface area (Å²) in [7, 11) is 0. The normalized spacial score (nSPS) is 9.25. The third-order valence-corrected chi connectivity index (χ3v) is 1.38. The highest BCUT2D eigenvalue weighted by atomic mass is 127. The molecule has 0 aliphatic carbocycles. The van der Waals surface area contributed by atoms with Crippen molar-refractivity contribution in [2.45, 2.75) is 0 Å². The summed E-state index contributed by atoms with van der Waals surface area (Å²) < 4.78 is 0.854. The van der Waals surface area contributed by atoms with Crippen LogP contribution in [0.15, 0.2) is 12.1 Å². The number of halogens is 2. The van der Waals surface area contributed by atoms with Crippen molar-refractivity contribution in [2.75, 3.05) is 0 Å². The number of hydrogen-bond acceptors (Lipinski definition) is 2. The molecule has 4 heteroatoms. The van der Waals surface area contributed by atoms with Gasteiger partial charge < -0.3 is 0 Å². The van der Waals surface area contributed by atoms with Crippen molar-refractivity contribution in [3.63, 3.8) is 0 Å². The highest BCUT2D eigenvalue weighted by molar-refractivity contribution is 14.1. The molecule has 0 N–H and O–H groups in total. The summed E-state index contributed by atoms with van der Waals surface area (Å²) in [5.41, 5.74) is 0. The minimum absolute atomic E-state index is 0.436. The molecule has 0 aromatic carbocycles. The third-order valence-electron chi connectivity index (χ3n) is 0.599. The van der Waals surface area contributed by atoms with Crippen molar-refractivity contribution in [2.24, 2.45) is 0 Å². The Morgan fingerprint density at radius 1 is 1.38 bits per heavy atom. The fourth-order valence-corrected chi connectivity index (χ4v) is 0.688. The molecular weight excluding hydrogens is 238 g/mol. The Morgan fingerprint density at radius 3 is 2.50 bits per heavy atom. The summed E-state index contributed by atoms with van der Waals surface area (Å²) in [5, 5.41) is 7.71. The first kappa shape index (κ1) is 6.22. The molecule has 0 fully saturated rings. The van der Waals surface area contributed by atoms with Gasteiger partial charge in [0.15, 0.2) is 5.15 Å². The summed E-state index contributed by atoms with van der Waals surface area (Å²) in [6.07, 6.45) is 0. The van der Waals surface area contributed by atoms with E-state index in [1.807, 2.05) is 0 Å². The molecular formula is C4H2ClIN2. The fourth-order valence-electron chi connectivity index (χ4n) is 0.300. The Kier molecular flexibility index (Phi) is 2.01. The Balaban J connectivity index is 3.03. The lowest BCUT2D eigenvalue weighted by Crippen LogP contribution is -1.82. The van der Waals surface area contributed by atoms with Crippen molar-refractivity contribution < 1.29 is 0 Å². The first-order chi connectivity index (χ1) is 3.79. The van der Waals surface area contributed by atoms with Crippen LogP contribution in [0.1, 0.15) is 0 Å². The molecule has 0 bridgehead atoms. The van der Waals surface area contributed by atoms with E-state index in [9.17, 15) is 0 Å². The minimum Gasteiger partial charge on any atom is -0.143 e.